The van der Waals surface area contributed by atoms with Gasteiger partial charge in [-0.1, -0.05) is 36.4 Å². The van der Waals surface area contributed by atoms with Crippen molar-refractivity contribution in [3.63, 3.8) is 0 Å². The second-order valence-corrected chi connectivity index (χ2v) is 6.63. The molecule has 2 aromatic rings. The SMILES string of the molecule is CN1C2=CCCC[C@@]2(Cc2ccccc2)c2cc(C#N)ccc21. The first kappa shape index (κ1) is 14.1. The Morgan fingerprint density at radius 1 is 1.17 bits per heavy atom. The maximum Gasteiger partial charge on any atom is 0.0991 e. The van der Waals surface area contributed by atoms with Gasteiger partial charge in [-0.3, -0.25) is 0 Å². The number of anilines is 1. The van der Waals surface area contributed by atoms with Gasteiger partial charge in [0.05, 0.1) is 11.6 Å². The summed E-state index contributed by atoms with van der Waals surface area (Å²) in [5.74, 6) is 0. The third kappa shape index (κ3) is 2.08. The second kappa shape index (κ2) is 5.28. The molecule has 0 spiro atoms. The van der Waals surface area contributed by atoms with E-state index in [0.717, 1.165) is 24.8 Å². The summed E-state index contributed by atoms with van der Waals surface area (Å²) >= 11 is 0. The van der Waals surface area contributed by atoms with Crippen molar-refractivity contribution < 1.29 is 0 Å². The highest BCUT2D eigenvalue weighted by molar-refractivity contribution is 5.72. The zero-order valence-electron chi connectivity index (χ0n) is 13.4. The molecular weight excluding hydrogens is 280 g/mol. The zero-order chi connectivity index (χ0) is 15.9. The van der Waals surface area contributed by atoms with E-state index in [1.54, 1.807) is 0 Å². The lowest BCUT2D eigenvalue weighted by Crippen LogP contribution is -2.34. The Bertz CT molecular complexity index is 813. The molecule has 2 heteroatoms. The first-order valence-corrected chi connectivity index (χ1v) is 8.27. The van der Waals surface area contributed by atoms with Crippen LogP contribution in [0.2, 0.25) is 0 Å². The first-order valence-electron chi connectivity index (χ1n) is 8.27. The van der Waals surface area contributed by atoms with Crippen LogP contribution in [0.1, 0.15) is 36.0 Å². The Balaban J connectivity index is 1.90. The molecule has 0 fully saturated rings. The molecule has 114 valence electrons. The van der Waals surface area contributed by atoms with Crippen LogP contribution in [-0.4, -0.2) is 7.05 Å². The van der Waals surface area contributed by atoms with Crippen LogP contribution in [0, 0.1) is 11.3 Å². The third-order valence-corrected chi connectivity index (χ3v) is 5.35. The smallest absolute Gasteiger partial charge is 0.0991 e. The number of likely N-dealkylation sites (N-methyl/N-ethyl adjacent to an activating group) is 1. The van der Waals surface area contributed by atoms with E-state index in [2.05, 4.69) is 66.6 Å². The van der Waals surface area contributed by atoms with Crippen LogP contribution in [0.15, 0.2) is 60.3 Å². The predicted molar refractivity (Wildman–Crippen MR) is 93.3 cm³/mol. The molecule has 1 heterocycles. The molecule has 1 atom stereocenters. The van der Waals surface area contributed by atoms with Crippen molar-refractivity contribution in [3.8, 4) is 6.07 Å². The van der Waals surface area contributed by atoms with Gasteiger partial charge in [-0.25, -0.2) is 0 Å². The van der Waals surface area contributed by atoms with Crippen LogP contribution < -0.4 is 4.90 Å². The summed E-state index contributed by atoms with van der Waals surface area (Å²) < 4.78 is 0. The van der Waals surface area contributed by atoms with Gasteiger partial charge in [0.25, 0.3) is 0 Å². The van der Waals surface area contributed by atoms with Crippen LogP contribution in [0.5, 0.6) is 0 Å². The molecule has 4 rings (SSSR count). The first-order chi connectivity index (χ1) is 11.2. The second-order valence-electron chi connectivity index (χ2n) is 6.63. The van der Waals surface area contributed by atoms with E-state index < -0.39 is 0 Å². The highest BCUT2D eigenvalue weighted by atomic mass is 15.2. The fraction of sp³-hybridized carbons (Fsp3) is 0.286. The average Bonchev–Trinajstić information content (AvgIpc) is 2.85. The largest absolute Gasteiger partial charge is 0.347 e. The number of nitriles is 1. The Hall–Kier alpha value is -2.53. The number of fused-ring (bicyclic) bond motifs is 3. The minimum absolute atomic E-state index is 0.0244. The van der Waals surface area contributed by atoms with Gasteiger partial charge in [-0.05, 0) is 55.0 Å². The van der Waals surface area contributed by atoms with Gasteiger partial charge in [0, 0.05) is 23.8 Å². The van der Waals surface area contributed by atoms with E-state index in [9.17, 15) is 5.26 Å². The molecule has 0 radical (unpaired) electrons. The monoisotopic (exact) mass is 300 g/mol. The molecule has 0 bridgehead atoms. The number of hydrogen-bond acceptors (Lipinski definition) is 2. The Morgan fingerprint density at radius 3 is 2.78 bits per heavy atom. The van der Waals surface area contributed by atoms with Crippen molar-refractivity contribution in [2.75, 3.05) is 11.9 Å². The zero-order valence-corrected chi connectivity index (χ0v) is 13.4. The molecule has 2 aliphatic rings. The maximum absolute atomic E-state index is 9.33. The molecule has 23 heavy (non-hydrogen) atoms. The van der Waals surface area contributed by atoms with E-state index in [1.165, 1.54) is 28.9 Å². The quantitative estimate of drug-likeness (QED) is 0.813. The lowest BCUT2D eigenvalue weighted by molar-refractivity contribution is 0.433. The van der Waals surface area contributed by atoms with E-state index in [1.807, 2.05) is 6.07 Å². The molecule has 0 saturated carbocycles. The number of benzene rings is 2. The molecule has 0 unspecified atom stereocenters. The molecule has 0 N–H and O–H groups in total. The van der Waals surface area contributed by atoms with Crippen molar-refractivity contribution in [1.29, 1.82) is 5.26 Å². The summed E-state index contributed by atoms with van der Waals surface area (Å²) in [5.41, 5.74) is 6.15. The van der Waals surface area contributed by atoms with Crippen molar-refractivity contribution in [2.24, 2.45) is 0 Å². The summed E-state index contributed by atoms with van der Waals surface area (Å²) in [7, 11) is 2.16. The van der Waals surface area contributed by atoms with E-state index in [4.69, 9.17) is 0 Å². The molecule has 0 saturated heterocycles. The van der Waals surface area contributed by atoms with Crippen LogP contribution >= 0.6 is 0 Å². The number of nitrogens with zero attached hydrogens (tertiary/aromatic N) is 2. The van der Waals surface area contributed by atoms with E-state index >= 15 is 0 Å². The Kier molecular flexibility index (Phi) is 3.23. The minimum Gasteiger partial charge on any atom is -0.347 e. The summed E-state index contributed by atoms with van der Waals surface area (Å²) in [6.07, 6.45) is 6.92. The molecular formula is C21H20N2. The van der Waals surface area contributed by atoms with Crippen LogP contribution in [0.4, 0.5) is 5.69 Å². The average molecular weight is 300 g/mol. The molecule has 1 aliphatic heterocycles. The van der Waals surface area contributed by atoms with Crippen molar-refractivity contribution in [3.05, 3.63) is 77.0 Å². The maximum atomic E-state index is 9.33. The highest BCUT2D eigenvalue weighted by Crippen LogP contribution is 2.53. The van der Waals surface area contributed by atoms with Gasteiger partial charge < -0.3 is 4.90 Å². The van der Waals surface area contributed by atoms with E-state index in [-0.39, 0.29) is 5.41 Å². The number of allylic oxidation sites excluding steroid dienone is 2. The van der Waals surface area contributed by atoms with Crippen LogP contribution in [0.3, 0.4) is 0 Å². The van der Waals surface area contributed by atoms with Crippen molar-refractivity contribution in [1.82, 2.24) is 0 Å². The molecule has 1 aliphatic carbocycles. The molecule has 2 aromatic carbocycles. The van der Waals surface area contributed by atoms with Crippen molar-refractivity contribution >= 4 is 5.69 Å². The molecule has 2 nitrogen and oxygen atoms in total. The third-order valence-electron chi connectivity index (χ3n) is 5.35. The van der Waals surface area contributed by atoms with Crippen LogP contribution in [0.25, 0.3) is 0 Å². The summed E-state index contributed by atoms with van der Waals surface area (Å²) in [6, 6.07) is 19.2. The van der Waals surface area contributed by atoms with Gasteiger partial charge in [-0.2, -0.15) is 5.26 Å². The fourth-order valence-corrected chi connectivity index (χ4v) is 4.33. The highest BCUT2D eigenvalue weighted by Gasteiger charge is 2.46. The minimum atomic E-state index is 0.0244. The lowest BCUT2D eigenvalue weighted by Gasteiger charge is -2.36. The predicted octanol–water partition coefficient (Wildman–Crippen LogP) is 4.56. The van der Waals surface area contributed by atoms with Gasteiger partial charge in [0.1, 0.15) is 0 Å². The standard InChI is InChI=1S/C21H20N2/c1-23-19-11-10-17(15-22)13-18(19)21(12-6-5-9-20(21)23)14-16-7-3-2-4-8-16/h2-4,7-11,13H,5-6,12,14H2,1H3/t21-/m1/s1. The fourth-order valence-electron chi connectivity index (χ4n) is 4.33. The van der Waals surface area contributed by atoms with Gasteiger partial charge in [-0.15, -0.1) is 0 Å². The molecule has 0 aromatic heterocycles. The van der Waals surface area contributed by atoms with Crippen molar-refractivity contribution in [2.45, 2.75) is 31.1 Å². The van der Waals surface area contributed by atoms with Gasteiger partial charge in [0.15, 0.2) is 0 Å². The summed E-state index contributed by atoms with van der Waals surface area (Å²) in [4.78, 5) is 2.33. The van der Waals surface area contributed by atoms with Gasteiger partial charge in [0.2, 0.25) is 0 Å². The van der Waals surface area contributed by atoms with E-state index in [0.29, 0.717) is 0 Å². The van der Waals surface area contributed by atoms with Crippen LogP contribution in [-0.2, 0) is 11.8 Å². The van der Waals surface area contributed by atoms with Gasteiger partial charge >= 0.3 is 0 Å². The number of rotatable bonds is 2. The summed E-state index contributed by atoms with van der Waals surface area (Å²) in [6.45, 7) is 0. The lowest BCUT2D eigenvalue weighted by atomic mass is 9.69. The summed E-state index contributed by atoms with van der Waals surface area (Å²) in [5, 5.41) is 9.33. The molecule has 0 amide bonds. The normalized spacial score (nSPS) is 22.1. The Labute approximate surface area is 137 Å². The Morgan fingerprint density at radius 2 is 2.00 bits per heavy atom. The number of hydrogen-bond donors (Lipinski definition) is 0. The topological polar surface area (TPSA) is 27.0 Å².